The molecule has 2 amide bonds. The van der Waals surface area contributed by atoms with Gasteiger partial charge in [0.2, 0.25) is 0 Å². The summed E-state index contributed by atoms with van der Waals surface area (Å²) < 4.78 is 11.0. The Balaban J connectivity index is 1.80. The van der Waals surface area contributed by atoms with Crippen molar-refractivity contribution in [3.8, 4) is 5.75 Å². The fraction of sp³-hybridized carbons (Fsp3) is 0.600. The number of nitrogens with zero attached hydrogens (tertiary/aromatic N) is 2. The van der Waals surface area contributed by atoms with Crippen LogP contribution in [0.2, 0.25) is 0 Å². The van der Waals surface area contributed by atoms with Gasteiger partial charge in [0.25, 0.3) is 5.91 Å². The van der Waals surface area contributed by atoms with E-state index in [4.69, 9.17) is 9.47 Å². The summed E-state index contributed by atoms with van der Waals surface area (Å²) in [5, 5.41) is 0. The lowest BCUT2D eigenvalue weighted by atomic mass is 10.1. The van der Waals surface area contributed by atoms with E-state index < -0.39 is 0 Å². The summed E-state index contributed by atoms with van der Waals surface area (Å²) in [5.41, 5.74) is 3.24. The number of rotatable bonds is 6. The highest BCUT2D eigenvalue weighted by Crippen LogP contribution is 2.25. The molecule has 0 aliphatic carbocycles. The van der Waals surface area contributed by atoms with Crippen molar-refractivity contribution in [2.45, 2.75) is 40.5 Å². The monoisotopic (exact) mass is 362 g/mol. The highest BCUT2D eigenvalue weighted by Gasteiger charge is 2.25. The molecule has 0 atom stereocenters. The molecule has 0 radical (unpaired) electrons. The summed E-state index contributed by atoms with van der Waals surface area (Å²) in [6.07, 6.45) is 1.59. The number of unbranched alkanes of at least 4 members (excludes halogenated alkanes) is 1. The molecule has 0 N–H and O–H groups in total. The second-order valence-electron chi connectivity index (χ2n) is 6.78. The van der Waals surface area contributed by atoms with Crippen LogP contribution in [0.25, 0.3) is 0 Å². The van der Waals surface area contributed by atoms with Gasteiger partial charge in [0.05, 0.1) is 6.61 Å². The fourth-order valence-electron chi connectivity index (χ4n) is 2.91. The molecule has 0 unspecified atom stereocenters. The minimum atomic E-state index is -0.284. The van der Waals surface area contributed by atoms with E-state index >= 15 is 0 Å². The van der Waals surface area contributed by atoms with Crippen molar-refractivity contribution in [3.05, 3.63) is 28.8 Å². The van der Waals surface area contributed by atoms with Gasteiger partial charge < -0.3 is 19.3 Å². The molecule has 1 aromatic carbocycles. The highest BCUT2D eigenvalue weighted by molar-refractivity contribution is 5.78. The molecule has 1 saturated heterocycles. The van der Waals surface area contributed by atoms with Gasteiger partial charge in [-0.3, -0.25) is 4.79 Å². The summed E-state index contributed by atoms with van der Waals surface area (Å²) in [5.74, 6) is 0.737. The van der Waals surface area contributed by atoms with E-state index in [1.165, 1.54) is 0 Å². The number of piperazine rings is 1. The van der Waals surface area contributed by atoms with E-state index in [-0.39, 0.29) is 18.6 Å². The summed E-state index contributed by atoms with van der Waals surface area (Å²) in [7, 11) is 0. The number of aryl methyl sites for hydroxylation is 2. The number of hydrogen-bond acceptors (Lipinski definition) is 4. The van der Waals surface area contributed by atoms with Crippen LogP contribution in [0.15, 0.2) is 12.1 Å². The van der Waals surface area contributed by atoms with Crippen LogP contribution in [-0.4, -0.2) is 61.2 Å². The summed E-state index contributed by atoms with van der Waals surface area (Å²) in [6, 6.07) is 4.06. The molecule has 6 heteroatoms. The summed E-state index contributed by atoms with van der Waals surface area (Å²) in [4.78, 5) is 27.8. The second kappa shape index (κ2) is 9.46. The van der Waals surface area contributed by atoms with E-state index in [1.54, 1.807) is 9.80 Å². The fourth-order valence-corrected chi connectivity index (χ4v) is 2.91. The predicted molar refractivity (Wildman–Crippen MR) is 101 cm³/mol. The predicted octanol–water partition coefficient (Wildman–Crippen LogP) is 3.07. The van der Waals surface area contributed by atoms with Crippen molar-refractivity contribution in [1.82, 2.24) is 9.80 Å². The molecule has 1 aliphatic rings. The lowest BCUT2D eigenvalue weighted by Crippen LogP contribution is -2.51. The molecular weight excluding hydrogens is 332 g/mol. The minimum Gasteiger partial charge on any atom is -0.483 e. The Kier molecular flexibility index (Phi) is 7.30. The largest absolute Gasteiger partial charge is 0.483 e. The van der Waals surface area contributed by atoms with E-state index in [2.05, 4.69) is 13.0 Å². The quantitative estimate of drug-likeness (QED) is 0.730. The van der Waals surface area contributed by atoms with Crippen LogP contribution >= 0.6 is 0 Å². The van der Waals surface area contributed by atoms with Crippen LogP contribution in [0.5, 0.6) is 5.75 Å². The zero-order valence-corrected chi connectivity index (χ0v) is 16.3. The number of ether oxygens (including phenoxy) is 2. The van der Waals surface area contributed by atoms with Crippen LogP contribution in [0.4, 0.5) is 4.79 Å². The Morgan fingerprint density at radius 3 is 2.27 bits per heavy atom. The third kappa shape index (κ3) is 5.13. The molecule has 0 saturated carbocycles. The maximum atomic E-state index is 12.4. The lowest BCUT2D eigenvalue weighted by Gasteiger charge is -2.34. The van der Waals surface area contributed by atoms with Gasteiger partial charge in [-0.05, 0) is 43.9 Å². The van der Waals surface area contributed by atoms with Crippen LogP contribution in [0.1, 0.15) is 36.5 Å². The topological polar surface area (TPSA) is 59.1 Å². The first-order valence-electron chi connectivity index (χ1n) is 9.33. The van der Waals surface area contributed by atoms with Crippen LogP contribution in [-0.2, 0) is 9.53 Å². The van der Waals surface area contributed by atoms with Crippen molar-refractivity contribution >= 4 is 12.0 Å². The molecule has 1 aliphatic heterocycles. The molecule has 0 bridgehead atoms. The van der Waals surface area contributed by atoms with E-state index in [1.807, 2.05) is 26.8 Å². The molecule has 2 rings (SSSR count). The number of carbonyl (C=O) groups is 2. The molecule has 6 nitrogen and oxygen atoms in total. The first-order chi connectivity index (χ1) is 12.4. The van der Waals surface area contributed by atoms with E-state index in [0.717, 1.165) is 35.3 Å². The number of hydrogen-bond donors (Lipinski definition) is 0. The maximum Gasteiger partial charge on any atom is 0.409 e. The van der Waals surface area contributed by atoms with Gasteiger partial charge in [0, 0.05) is 26.2 Å². The smallest absolute Gasteiger partial charge is 0.409 e. The average molecular weight is 362 g/mol. The normalized spacial score (nSPS) is 14.3. The van der Waals surface area contributed by atoms with Gasteiger partial charge in [-0.25, -0.2) is 4.79 Å². The molecular formula is C20H30N2O4. The SMILES string of the molecule is CCCCOC(=O)N1CCN(C(=O)COc2c(C)ccc(C)c2C)CC1. The second-order valence-corrected chi connectivity index (χ2v) is 6.78. The maximum absolute atomic E-state index is 12.4. The van der Waals surface area contributed by atoms with Crippen LogP contribution < -0.4 is 4.74 Å². The van der Waals surface area contributed by atoms with E-state index in [0.29, 0.717) is 32.8 Å². The van der Waals surface area contributed by atoms with Crippen molar-refractivity contribution in [3.63, 3.8) is 0 Å². The zero-order valence-electron chi connectivity index (χ0n) is 16.3. The van der Waals surface area contributed by atoms with Crippen LogP contribution in [0, 0.1) is 20.8 Å². The summed E-state index contributed by atoms with van der Waals surface area (Å²) >= 11 is 0. The third-order valence-electron chi connectivity index (χ3n) is 4.83. The molecule has 0 aromatic heterocycles. The van der Waals surface area contributed by atoms with Crippen molar-refractivity contribution in [1.29, 1.82) is 0 Å². The molecule has 0 spiro atoms. The van der Waals surface area contributed by atoms with Gasteiger partial charge >= 0.3 is 6.09 Å². The Morgan fingerprint density at radius 2 is 1.62 bits per heavy atom. The van der Waals surface area contributed by atoms with Crippen molar-refractivity contribution in [2.24, 2.45) is 0 Å². The van der Waals surface area contributed by atoms with Gasteiger partial charge in [0.15, 0.2) is 6.61 Å². The summed E-state index contributed by atoms with van der Waals surface area (Å²) in [6.45, 7) is 10.6. The Bertz CT molecular complexity index is 637. The molecule has 26 heavy (non-hydrogen) atoms. The molecule has 1 fully saturated rings. The van der Waals surface area contributed by atoms with E-state index in [9.17, 15) is 9.59 Å². The molecule has 1 heterocycles. The highest BCUT2D eigenvalue weighted by atomic mass is 16.6. The minimum absolute atomic E-state index is 0.0199. The number of amides is 2. The number of benzene rings is 1. The average Bonchev–Trinajstić information content (AvgIpc) is 2.65. The van der Waals surface area contributed by atoms with Gasteiger partial charge in [0.1, 0.15) is 5.75 Å². The Labute approximate surface area is 156 Å². The third-order valence-corrected chi connectivity index (χ3v) is 4.83. The van der Waals surface area contributed by atoms with Gasteiger partial charge in [-0.2, -0.15) is 0 Å². The van der Waals surface area contributed by atoms with Gasteiger partial charge in [-0.15, -0.1) is 0 Å². The Hall–Kier alpha value is -2.24. The van der Waals surface area contributed by atoms with Crippen molar-refractivity contribution in [2.75, 3.05) is 39.4 Å². The Morgan fingerprint density at radius 1 is 1.00 bits per heavy atom. The molecule has 144 valence electrons. The first-order valence-corrected chi connectivity index (χ1v) is 9.33. The van der Waals surface area contributed by atoms with Crippen molar-refractivity contribution < 1.29 is 19.1 Å². The molecule has 1 aromatic rings. The first kappa shape index (κ1) is 20.1. The number of carbonyl (C=O) groups excluding carboxylic acids is 2. The standard InChI is InChI=1S/C20H30N2O4/c1-5-6-13-25-20(24)22-11-9-21(10-12-22)18(23)14-26-19-16(3)8-7-15(2)17(19)4/h7-8H,5-6,9-14H2,1-4H3. The lowest BCUT2D eigenvalue weighted by molar-refractivity contribution is -0.135. The zero-order chi connectivity index (χ0) is 19.1. The van der Waals surface area contributed by atoms with Crippen LogP contribution in [0.3, 0.4) is 0 Å². The van der Waals surface area contributed by atoms with Gasteiger partial charge in [-0.1, -0.05) is 25.5 Å².